The molecule has 1 aromatic carbocycles. The van der Waals surface area contributed by atoms with E-state index in [9.17, 15) is 9.59 Å². The average Bonchev–Trinajstić information content (AvgIpc) is 3.46. The molecule has 0 aliphatic carbocycles. The Morgan fingerprint density at radius 2 is 1.96 bits per heavy atom. The van der Waals surface area contributed by atoms with Crippen LogP contribution in [0.5, 0.6) is 0 Å². The topological polar surface area (TPSA) is 59.0 Å². The Labute approximate surface area is 170 Å². The monoisotopic (exact) mass is 410 g/mol. The van der Waals surface area contributed by atoms with Crippen LogP contribution in [0, 0.1) is 6.92 Å². The standard InChI is InChI=1S/C21H18N2O3S2/c1-14-5-2-6-15(11-14)21(25)26-13-20(24)23-17(19-8-4-10-28-19)12-16(22-23)18-7-3-9-27-18/h2-11,17H,12-13H2,1H3/t17-/m1/s1. The molecule has 142 valence electrons. The van der Waals surface area contributed by atoms with Crippen LogP contribution in [0.2, 0.25) is 0 Å². The highest BCUT2D eigenvalue weighted by atomic mass is 32.1. The average molecular weight is 411 g/mol. The van der Waals surface area contributed by atoms with E-state index in [1.807, 2.05) is 48.0 Å². The minimum atomic E-state index is -0.508. The second-order valence-electron chi connectivity index (χ2n) is 6.44. The van der Waals surface area contributed by atoms with Crippen molar-refractivity contribution in [3.05, 3.63) is 80.2 Å². The van der Waals surface area contributed by atoms with Crippen LogP contribution in [0.15, 0.2) is 64.4 Å². The van der Waals surface area contributed by atoms with E-state index in [-0.39, 0.29) is 18.6 Å². The normalized spacial score (nSPS) is 16.1. The van der Waals surface area contributed by atoms with Gasteiger partial charge in [0.1, 0.15) is 0 Å². The fraction of sp³-hybridized carbons (Fsp3) is 0.190. The number of esters is 1. The van der Waals surface area contributed by atoms with Crippen molar-refractivity contribution in [2.24, 2.45) is 5.10 Å². The smallest absolute Gasteiger partial charge is 0.338 e. The van der Waals surface area contributed by atoms with Crippen LogP contribution < -0.4 is 0 Å². The Morgan fingerprint density at radius 1 is 1.14 bits per heavy atom. The van der Waals surface area contributed by atoms with Crippen molar-refractivity contribution in [2.75, 3.05) is 6.61 Å². The lowest BCUT2D eigenvalue weighted by Crippen LogP contribution is -2.31. The molecule has 2 aromatic heterocycles. The minimum absolute atomic E-state index is 0.165. The number of hydrazone groups is 1. The van der Waals surface area contributed by atoms with Crippen molar-refractivity contribution in [1.82, 2.24) is 5.01 Å². The Hall–Kier alpha value is -2.77. The highest BCUT2D eigenvalue weighted by Crippen LogP contribution is 2.35. The molecule has 0 bridgehead atoms. The van der Waals surface area contributed by atoms with Crippen molar-refractivity contribution >= 4 is 40.3 Å². The number of rotatable bonds is 5. The summed E-state index contributed by atoms with van der Waals surface area (Å²) >= 11 is 3.19. The minimum Gasteiger partial charge on any atom is -0.452 e. The third-order valence-electron chi connectivity index (χ3n) is 4.42. The lowest BCUT2D eigenvalue weighted by molar-refractivity contribution is -0.136. The molecule has 1 aliphatic heterocycles. The van der Waals surface area contributed by atoms with Gasteiger partial charge in [0.05, 0.1) is 22.2 Å². The number of hydrogen-bond donors (Lipinski definition) is 0. The number of nitrogens with zero attached hydrogens (tertiary/aromatic N) is 2. The van der Waals surface area contributed by atoms with Crippen molar-refractivity contribution in [3.8, 4) is 0 Å². The van der Waals surface area contributed by atoms with Gasteiger partial charge in [-0.15, -0.1) is 22.7 Å². The Bertz CT molecular complexity index is 1010. The zero-order valence-corrected chi connectivity index (χ0v) is 16.8. The molecule has 0 N–H and O–H groups in total. The molecule has 28 heavy (non-hydrogen) atoms. The van der Waals surface area contributed by atoms with Crippen LogP contribution in [0.25, 0.3) is 0 Å². The summed E-state index contributed by atoms with van der Waals surface area (Å²) < 4.78 is 5.26. The summed E-state index contributed by atoms with van der Waals surface area (Å²) in [5.41, 5.74) is 2.28. The molecule has 5 nitrogen and oxygen atoms in total. The van der Waals surface area contributed by atoms with Crippen molar-refractivity contribution in [1.29, 1.82) is 0 Å². The van der Waals surface area contributed by atoms with E-state index in [0.29, 0.717) is 12.0 Å². The summed E-state index contributed by atoms with van der Waals surface area (Å²) in [6.45, 7) is 1.56. The quantitative estimate of drug-likeness (QED) is 0.575. The van der Waals surface area contributed by atoms with E-state index in [1.54, 1.807) is 40.9 Å². The summed E-state index contributed by atoms with van der Waals surface area (Å²) in [5, 5.41) is 10.00. The predicted molar refractivity (Wildman–Crippen MR) is 111 cm³/mol. The molecule has 0 saturated carbocycles. The van der Waals surface area contributed by atoms with Gasteiger partial charge in [0, 0.05) is 11.3 Å². The number of carbonyl (C=O) groups is 2. The van der Waals surface area contributed by atoms with Crippen LogP contribution in [0.4, 0.5) is 0 Å². The highest BCUT2D eigenvalue weighted by molar-refractivity contribution is 7.12. The predicted octanol–water partition coefficient (Wildman–Crippen LogP) is 4.65. The third kappa shape index (κ3) is 3.90. The summed E-state index contributed by atoms with van der Waals surface area (Å²) in [6.07, 6.45) is 0.651. The molecule has 0 radical (unpaired) electrons. The number of hydrogen-bond acceptors (Lipinski definition) is 6. The van der Waals surface area contributed by atoms with Gasteiger partial charge >= 0.3 is 5.97 Å². The molecule has 1 aliphatic rings. The van der Waals surface area contributed by atoms with E-state index in [1.165, 1.54) is 5.01 Å². The van der Waals surface area contributed by atoms with Crippen LogP contribution >= 0.6 is 22.7 Å². The van der Waals surface area contributed by atoms with Crippen LogP contribution in [0.1, 0.15) is 38.1 Å². The number of amides is 1. The number of thiophene rings is 2. The first-order valence-corrected chi connectivity index (χ1v) is 10.6. The lowest BCUT2D eigenvalue weighted by Gasteiger charge is -2.20. The molecule has 0 saturated heterocycles. The number of benzene rings is 1. The van der Waals surface area contributed by atoms with E-state index in [0.717, 1.165) is 21.0 Å². The second kappa shape index (κ2) is 8.08. The van der Waals surface area contributed by atoms with Gasteiger partial charge in [0.2, 0.25) is 0 Å². The van der Waals surface area contributed by atoms with Crippen molar-refractivity contribution in [3.63, 3.8) is 0 Å². The first-order chi connectivity index (χ1) is 13.6. The van der Waals surface area contributed by atoms with Gasteiger partial charge < -0.3 is 4.74 Å². The molecule has 1 amide bonds. The van der Waals surface area contributed by atoms with Gasteiger partial charge in [0.25, 0.3) is 5.91 Å². The Balaban J connectivity index is 1.49. The van der Waals surface area contributed by atoms with Gasteiger partial charge in [-0.05, 0) is 41.9 Å². The van der Waals surface area contributed by atoms with Gasteiger partial charge in [-0.2, -0.15) is 5.10 Å². The van der Waals surface area contributed by atoms with Crippen molar-refractivity contribution < 1.29 is 14.3 Å². The summed E-state index contributed by atoms with van der Waals surface area (Å²) in [6, 6.07) is 14.9. The number of carbonyl (C=O) groups excluding carboxylic acids is 2. The largest absolute Gasteiger partial charge is 0.452 e. The summed E-state index contributed by atoms with van der Waals surface area (Å²) in [7, 11) is 0. The number of ether oxygens (including phenoxy) is 1. The molecule has 3 aromatic rings. The molecule has 0 fully saturated rings. The Kier molecular flexibility index (Phi) is 5.36. The zero-order chi connectivity index (χ0) is 19.5. The fourth-order valence-electron chi connectivity index (χ4n) is 3.08. The van der Waals surface area contributed by atoms with Gasteiger partial charge in [-0.3, -0.25) is 4.79 Å². The zero-order valence-electron chi connectivity index (χ0n) is 15.2. The molecule has 1 atom stereocenters. The second-order valence-corrected chi connectivity index (χ2v) is 8.37. The molecular weight excluding hydrogens is 392 g/mol. The summed E-state index contributed by atoms with van der Waals surface area (Å²) in [5.74, 6) is -0.836. The first-order valence-electron chi connectivity index (χ1n) is 8.82. The third-order valence-corrected chi connectivity index (χ3v) is 6.32. The van der Waals surface area contributed by atoms with Gasteiger partial charge in [-0.1, -0.05) is 29.8 Å². The van der Waals surface area contributed by atoms with E-state index >= 15 is 0 Å². The molecular formula is C21H18N2O3S2. The van der Waals surface area contributed by atoms with Crippen molar-refractivity contribution in [2.45, 2.75) is 19.4 Å². The lowest BCUT2D eigenvalue weighted by atomic mass is 10.1. The van der Waals surface area contributed by atoms with Crippen LogP contribution in [-0.4, -0.2) is 29.2 Å². The van der Waals surface area contributed by atoms with Gasteiger partial charge in [-0.25, -0.2) is 9.80 Å². The first kappa shape index (κ1) is 18.6. The maximum atomic E-state index is 12.8. The SMILES string of the molecule is Cc1cccc(C(=O)OCC(=O)N2N=C(c3cccs3)C[C@@H]2c2cccs2)c1. The maximum absolute atomic E-state index is 12.8. The fourth-order valence-corrected chi connectivity index (χ4v) is 4.62. The molecule has 3 heterocycles. The van der Waals surface area contributed by atoms with Crippen LogP contribution in [-0.2, 0) is 9.53 Å². The summed E-state index contributed by atoms with van der Waals surface area (Å²) in [4.78, 5) is 27.2. The maximum Gasteiger partial charge on any atom is 0.338 e. The molecule has 7 heteroatoms. The van der Waals surface area contributed by atoms with E-state index < -0.39 is 5.97 Å². The van der Waals surface area contributed by atoms with Gasteiger partial charge in [0.15, 0.2) is 6.61 Å². The number of aryl methyl sites for hydroxylation is 1. The van der Waals surface area contributed by atoms with Crippen LogP contribution in [0.3, 0.4) is 0 Å². The molecule has 4 rings (SSSR count). The highest BCUT2D eigenvalue weighted by Gasteiger charge is 2.34. The molecule has 0 spiro atoms. The Morgan fingerprint density at radius 3 is 2.68 bits per heavy atom. The molecule has 0 unspecified atom stereocenters. The van der Waals surface area contributed by atoms with E-state index in [2.05, 4.69) is 5.10 Å². The van der Waals surface area contributed by atoms with E-state index in [4.69, 9.17) is 4.74 Å².